The molecule has 1 unspecified atom stereocenters. The van der Waals surface area contributed by atoms with Crippen LogP contribution in [-0.2, 0) is 14.3 Å². The van der Waals surface area contributed by atoms with Crippen molar-refractivity contribution in [2.24, 2.45) is 5.92 Å². The molecule has 1 saturated carbocycles. The van der Waals surface area contributed by atoms with E-state index in [4.69, 9.17) is 4.74 Å². The van der Waals surface area contributed by atoms with Gasteiger partial charge in [0.15, 0.2) is 0 Å². The Kier molecular flexibility index (Phi) is 7.17. The van der Waals surface area contributed by atoms with Gasteiger partial charge in [0, 0.05) is 24.9 Å². The zero-order valence-electron chi connectivity index (χ0n) is 19.5. The number of carbonyl (C=O) groups excluding carboxylic acids is 2. The Hall–Kier alpha value is -3.39. The van der Waals surface area contributed by atoms with Gasteiger partial charge in [-0.15, -0.1) is 0 Å². The fourth-order valence-electron chi connectivity index (χ4n) is 4.63. The molecule has 2 amide bonds. The fraction of sp³-hybridized carbons (Fsp3) is 0.423. The number of nitrogens with one attached hydrogen (secondary N) is 2. The van der Waals surface area contributed by atoms with E-state index >= 15 is 0 Å². The molecule has 0 heterocycles. The largest absolute Gasteiger partial charge is 0.480 e. The van der Waals surface area contributed by atoms with Crippen molar-refractivity contribution in [3.63, 3.8) is 0 Å². The molecule has 8 heteroatoms. The number of amides is 2. The highest BCUT2D eigenvalue weighted by molar-refractivity contribution is 5.84. The summed E-state index contributed by atoms with van der Waals surface area (Å²) in [6.07, 6.45) is 1.30. The van der Waals surface area contributed by atoms with E-state index < -0.39 is 24.0 Å². The third-order valence-corrected chi connectivity index (χ3v) is 6.42. The molecule has 2 aliphatic rings. The van der Waals surface area contributed by atoms with E-state index in [0.29, 0.717) is 0 Å². The molecule has 2 aromatic rings. The summed E-state index contributed by atoms with van der Waals surface area (Å²) in [5.41, 5.74) is 4.58. The maximum absolute atomic E-state index is 12.7. The summed E-state index contributed by atoms with van der Waals surface area (Å²) >= 11 is 0. The molecule has 2 aromatic carbocycles. The molecular formula is C26H31N3O5. The van der Waals surface area contributed by atoms with Crippen LogP contribution in [0.3, 0.4) is 0 Å². The molecule has 0 radical (unpaired) electrons. The normalized spacial score (nSPS) is 16.3. The van der Waals surface area contributed by atoms with Gasteiger partial charge in [0.05, 0.1) is 0 Å². The summed E-state index contributed by atoms with van der Waals surface area (Å²) < 4.78 is 5.62. The van der Waals surface area contributed by atoms with E-state index in [-0.39, 0.29) is 37.5 Å². The van der Waals surface area contributed by atoms with Crippen molar-refractivity contribution in [3.05, 3.63) is 59.7 Å². The Bertz CT molecular complexity index is 1020. The third kappa shape index (κ3) is 5.56. The standard InChI is InChI=1S/C26H31N3O5/c1-29(2)14-23(25(31)32)27-24(30)13-22(16-11-12-16)28-26(33)34-15-21-19-9-5-3-7-17(19)18-8-4-6-10-20(18)21/h3-10,16,21-23H,11-15H2,1-2H3,(H,27,30)(H,28,33)(H,31,32)/t22?,23-/m0/s1. The van der Waals surface area contributed by atoms with Crippen LogP contribution in [0.4, 0.5) is 4.79 Å². The summed E-state index contributed by atoms with van der Waals surface area (Å²) in [6.45, 7) is 0.391. The first-order valence-corrected chi connectivity index (χ1v) is 11.6. The zero-order valence-corrected chi connectivity index (χ0v) is 19.5. The first-order valence-electron chi connectivity index (χ1n) is 11.6. The number of carboxylic acids is 1. The molecule has 2 atom stereocenters. The van der Waals surface area contributed by atoms with Gasteiger partial charge in [-0.25, -0.2) is 9.59 Å². The van der Waals surface area contributed by atoms with Crippen molar-refractivity contribution in [3.8, 4) is 11.1 Å². The second-order valence-electron chi connectivity index (χ2n) is 9.34. The summed E-state index contributed by atoms with van der Waals surface area (Å²) in [6, 6.07) is 14.9. The molecule has 0 aliphatic heterocycles. The number of fused-ring (bicyclic) bond motifs is 3. The molecule has 180 valence electrons. The van der Waals surface area contributed by atoms with Crippen LogP contribution >= 0.6 is 0 Å². The molecule has 2 aliphatic carbocycles. The molecular weight excluding hydrogens is 434 g/mol. The molecule has 0 bridgehead atoms. The maximum Gasteiger partial charge on any atom is 0.407 e. The Morgan fingerprint density at radius 1 is 1.00 bits per heavy atom. The first kappa shape index (κ1) is 23.8. The second-order valence-corrected chi connectivity index (χ2v) is 9.34. The molecule has 4 rings (SSSR count). The monoisotopic (exact) mass is 465 g/mol. The first-order chi connectivity index (χ1) is 16.3. The minimum absolute atomic E-state index is 0.0199. The Balaban J connectivity index is 1.34. The minimum atomic E-state index is -1.09. The molecule has 0 aromatic heterocycles. The van der Waals surface area contributed by atoms with E-state index in [1.165, 1.54) is 0 Å². The van der Waals surface area contributed by atoms with Crippen LogP contribution in [0.1, 0.15) is 36.3 Å². The van der Waals surface area contributed by atoms with Crippen molar-refractivity contribution < 1.29 is 24.2 Å². The number of hydrogen-bond acceptors (Lipinski definition) is 5. The van der Waals surface area contributed by atoms with Gasteiger partial charge in [0.2, 0.25) is 5.91 Å². The van der Waals surface area contributed by atoms with E-state index in [1.54, 1.807) is 19.0 Å². The van der Waals surface area contributed by atoms with Gasteiger partial charge in [-0.1, -0.05) is 48.5 Å². The molecule has 0 saturated heterocycles. The number of aliphatic carboxylic acids is 1. The van der Waals surface area contributed by atoms with Crippen molar-refractivity contribution in [1.82, 2.24) is 15.5 Å². The van der Waals surface area contributed by atoms with Crippen molar-refractivity contribution in [2.45, 2.75) is 37.3 Å². The number of nitrogens with zero attached hydrogens (tertiary/aromatic N) is 1. The second kappa shape index (κ2) is 10.3. The van der Waals surface area contributed by atoms with Crippen molar-refractivity contribution in [1.29, 1.82) is 0 Å². The lowest BCUT2D eigenvalue weighted by Gasteiger charge is -2.22. The van der Waals surface area contributed by atoms with E-state index in [1.807, 2.05) is 24.3 Å². The lowest BCUT2D eigenvalue weighted by atomic mass is 9.98. The summed E-state index contributed by atoms with van der Waals surface area (Å²) in [5.74, 6) is -1.33. The van der Waals surface area contributed by atoms with Crippen LogP contribution in [0.25, 0.3) is 11.1 Å². The highest BCUT2D eigenvalue weighted by Crippen LogP contribution is 2.44. The van der Waals surface area contributed by atoms with Gasteiger partial charge in [-0.2, -0.15) is 0 Å². The number of benzene rings is 2. The van der Waals surface area contributed by atoms with Crippen LogP contribution in [0.15, 0.2) is 48.5 Å². The zero-order chi connectivity index (χ0) is 24.2. The van der Waals surface area contributed by atoms with Gasteiger partial charge < -0.3 is 25.4 Å². The lowest BCUT2D eigenvalue weighted by Crippen LogP contribution is -2.49. The van der Waals surface area contributed by atoms with Crippen LogP contribution in [-0.4, -0.2) is 67.3 Å². The van der Waals surface area contributed by atoms with Gasteiger partial charge in [-0.05, 0) is 55.1 Å². The molecule has 34 heavy (non-hydrogen) atoms. The van der Waals surface area contributed by atoms with Crippen LogP contribution in [0.5, 0.6) is 0 Å². The number of carboxylic acid groups (broad SMARTS) is 1. The van der Waals surface area contributed by atoms with Crippen LogP contribution in [0, 0.1) is 5.92 Å². The predicted octanol–water partition coefficient (Wildman–Crippen LogP) is 2.82. The van der Waals surface area contributed by atoms with Gasteiger partial charge in [0.25, 0.3) is 0 Å². The van der Waals surface area contributed by atoms with Crippen molar-refractivity contribution >= 4 is 18.0 Å². The topological polar surface area (TPSA) is 108 Å². The number of carbonyl (C=O) groups is 3. The predicted molar refractivity (Wildman–Crippen MR) is 127 cm³/mol. The van der Waals surface area contributed by atoms with Crippen molar-refractivity contribution in [2.75, 3.05) is 27.2 Å². The van der Waals surface area contributed by atoms with Gasteiger partial charge in [0.1, 0.15) is 12.6 Å². The average molecular weight is 466 g/mol. The average Bonchev–Trinajstić information content (AvgIpc) is 3.59. The van der Waals surface area contributed by atoms with Crippen LogP contribution < -0.4 is 10.6 Å². The number of ether oxygens (including phenoxy) is 1. The SMILES string of the molecule is CN(C)C[C@H](NC(=O)CC(NC(=O)OCC1c2ccccc2-c2ccccc21)C1CC1)C(=O)O. The summed E-state index contributed by atoms with van der Waals surface area (Å²) in [4.78, 5) is 38.3. The molecule has 0 spiro atoms. The van der Waals surface area contributed by atoms with E-state index in [0.717, 1.165) is 35.1 Å². The smallest absolute Gasteiger partial charge is 0.407 e. The summed E-state index contributed by atoms with van der Waals surface area (Å²) in [7, 11) is 3.49. The molecule has 3 N–H and O–H groups in total. The quantitative estimate of drug-likeness (QED) is 0.498. The maximum atomic E-state index is 12.7. The van der Waals surface area contributed by atoms with Crippen LogP contribution in [0.2, 0.25) is 0 Å². The Labute approximate surface area is 199 Å². The minimum Gasteiger partial charge on any atom is -0.480 e. The highest BCUT2D eigenvalue weighted by atomic mass is 16.5. The number of alkyl carbamates (subject to hydrolysis) is 1. The number of hydrogen-bond donors (Lipinski definition) is 3. The van der Waals surface area contributed by atoms with E-state index in [9.17, 15) is 19.5 Å². The number of rotatable bonds is 10. The van der Waals surface area contributed by atoms with Gasteiger partial charge in [-0.3, -0.25) is 4.79 Å². The highest BCUT2D eigenvalue weighted by Gasteiger charge is 2.35. The Morgan fingerprint density at radius 2 is 1.59 bits per heavy atom. The van der Waals surface area contributed by atoms with Gasteiger partial charge >= 0.3 is 12.1 Å². The third-order valence-electron chi connectivity index (χ3n) is 6.42. The lowest BCUT2D eigenvalue weighted by molar-refractivity contribution is -0.142. The fourth-order valence-corrected chi connectivity index (χ4v) is 4.63. The molecule has 8 nitrogen and oxygen atoms in total. The number of likely N-dealkylation sites (N-methyl/N-ethyl adjacent to an activating group) is 1. The summed E-state index contributed by atoms with van der Waals surface area (Å²) in [5, 5.41) is 14.8. The van der Waals surface area contributed by atoms with E-state index in [2.05, 4.69) is 34.9 Å². The Morgan fingerprint density at radius 3 is 2.12 bits per heavy atom. The molecule has 1 fully saturated rings.